The minimum atomic E-state index is -0.260. The van der Waals surface area contributed by atoms with Gasteiger partial charge < -0.3 is 15.0 Å². The van der Waals surface area contributed by atoms with Crippen LogP contribution >= 0.6 is 0 Å². The van der Waals surface area contributed by atoms with E-state index in [1.54, 1.807) is 0 Å². The van der Waals surface area contributed by atoms with E-state index in [1.165, 1.54) is 16.3 Å². The number of H-pyrrole nitrogens is 1. The molecule has 5 nitrogen and oxygen atoms in total. The molecule has 4 aromatic rings. The van der Waals surface area contributed by atoms with Gasteiger partial charge in [-0.05, 0) is 35.9 Å². The maximum atomic E-state index is 10.9. The van der Waals surface area contributed by atoms with Gasteiger partial charge in [0.25, 0.3) is 0 Å². The van der Waals surface area contributed by atoms with Gasteiger partial charge in [-0.25, -0.2) is 4.98 Å². The van der Waals surface area contributed by atoms with Gasteiger partial charge in [0.2, 0.25) is 0 Å². The van der Waals surface area contributed by atoms with Crippen molar-refractivity contribution in [2.45, 2.75) is 19.5 Å². The number of hydrogen-bond acceptors (Lipinski definition) is 3. The summed E-state index contributed by atoms with van der Waals surface area (Å²) in [5.41, 5.74) is 2.98. The van der Waals surface area contributed by atoms with E-state index in [9.17, 15) is 10.4 Å². The summed E-state index contributed by atoms with van der Waals surface area (Å²) in [5.74, 6) is 0.446. The second kappa shape index (κ2) is 7.78. The van der Waals surface area contributed by atoms with Gasteiger partial charge >= 0.3 is 0 Å². The molecule has 1 aromatic heterocycles. The van der Waals surface area contributed by atoms with Crippen molar-refractivity contribution < 1.29 is 10.0 Å². The lowest BCUT2D eigenvalue weighted by Gasteiger charge is -2.22. The third-order valence-corrected chi connectivity index (χ3v) is 5.44. The van der Waals surface area contributed by atoms with Crippen molar-refractivity contribution in [2.24, 2.45) is 0 Å². The van der Waals surface area contributed by atoms with Crippen molar-refractivity contribution in [3.05, 3.63) is 83.9 Å². The fourth-order valence-corrected chi connectivity index (χ4v) is 3.58. The largest absolute Gasteiger partial charge is 0.505 e. The lowest BCUT2D eigenvalue weighted by molar-refractivity contribution is -0.913. The zero-order valence-corrected chi connectivity index (χ0v) is 16.5. The van der Waals surface area contributed by atoms with E-state index in [1.807, 2.05) is 50.4 Å². The molecule has 0 saturated heterocycles. The lowest BCUT2D eigenvalue weighted by Crippen LogP contribution is -3.11. The number of aromatic amines is 1. The van der Waals surface area contributed by atoms with E-state index in [0.717, 1.165) is 22.5 Å². The molecule has 3 N–H and O–H groups in total. The second-order valence-electron chi connectivity index (χ2n) is 7.40. The number of nitrogens with one attached hydrogen (secondary N) is 2. The molecule has 0 spiro atoms. The number of quaternary nitrogens is 1. The van der Waals surface area contributed by atoms with Crippen molar-refractivity contribution in [3.8, 4) is 6.07 Å². The molecule has 5 heteroatoms. The third-order valence-electron chi connectivity index (χ3n) is 5.44. The van der Waals surface area contributed by atoms with Gasteiger partial charge in [-0.2, -0.15) is 5.26 Å². The first-order valence-corrected chi connectivity index (χ1v) is 9.65. The van der Waals surface area contributed by atoms with Crippen LogP contribution in [0, 0.1) is 11.3 Å². The van der Waals surface area contributed by atoms with Crippen LogP contribution in [0.2, 0.25) is 0 Å². The first kappa shape index (κ1) is 18.7. The Labute approximate surface area is 169 Å². The number of allylic oxidation sites excluding steroid dienone is 1. The van der Waals surface area contributed by atoms with Crippen LogP contribution in [-0.4, -0.2) is 28.2 Å². The Morgan fingerprint density at radius 1 is 1.10 bits per heavy atom. The Morgan fingerprint density at radius 2 is 1.83 bits per heavy atom. The van der Waals surface area contributed by atoms with Gasteiger partial charge in [0, 0.05) is 5.56 Å². The van der Waals surface area contributed by atoms with Crippen molar-refractivity contribution in [1.29, 1.82) is 5.26 Å². The molecule has 29 heavy (non-hydrogen) atoms. The first-order valence-electron chi connectivity index (χ1n) is 9.65. The highest BCUT2D eigenvalue weighted by Crippen LogP contribution is 2.20. The zero-order chi connectivity index (χ0) is 20.4. The molecule has 1 unspecified atom stereocenters. The molecule has 0 radical (unpaired) electrons. The van der Waals surface area contributed by atoms with Crippen LogP contribution in [0.15, 0.2) is 72.5 Å². The molecule has 1 heterocycles. The summed E-state index contributed by atoms with van der Waals surface area (Å²) in [5, 5.41) is 22.9. The van der Waals surface area contributed by atoms with Crippen LogP contribution in [0.4, 0.5) is 0 Å². The van der Waals surface area contributed by atoms with Crippen molar-refractivity contribution in [1.82, 2.24) is 9.97 Å². The molecule has 2 atom stereocenters. The lowest BCUT2D eigenvalue weighted by atomic mass is 10.1. The number of imidazole rings is 1. The number of para-hydroxylation sites is 2. The summed E-state index contributed by atoms with van der Waals surface area (Å²) in [7, 11) is 2.02. The molecular weight excluding hydrogens is 360 g/mol. The highest BCUT2D eigenvalue weighted by molar-refractivity contribution is 5.83. The van der Waals surface area contributed by atoms with E-state index in [2.05, 4.69) is 46.4 Å². The summed E-state index contributed by atoms with van der Waals surface area (Å²) in [6.07, 6.45) is 0. The quantitative estimate of drug-likeness (QED) is 0.364. The Balaban J connectivity index is 1.60. The number of rotatable bonds is 5. The molecule has 3 aromatic carbocycles. The maximum Gasteiger partial charge on any atom is 0.172 e. The predicted molar refractivity (Wildman–Crippen MR) is 115 cm³/mol. The normalized spacial score (nSPS) is 14.4. The number of hydrogen-bond donors (Lipinski definition) is 3. The average Bonchev–Trinajstić information content (AvgIpc) is 3.17. The summed E-state index contributed by atoms with van der Waals surface area (Å²) in [6.45, 7) is 2.65. The molecule has 0 aliphatic carbocycles. The summed E-state index contributed by atoms with van der Waals surface area (Å²) in [6, 6.07) is 24.1. The Kier molecular flexibility index (Phi) is 5.03. The molecule has 0 aliphatic rings. The van der Waals surface area contributed by atoms with Crippen LogP contribution in [0.1, 0.15) is 18.3 Å². The van der Waals surface area contributed by atoms with Gasteiger partial charge in [0.15, 0.2) is 11.6 Å². The van der Waals surface area contributed by atoms with E-state index in [-0.39, 0.29) is 17.4 Å². The van der Waals surface area contributed by atoms with Crippen LogP contribution in [-0.2, 0) is 6.54 Å². The summed E-state index contributed by atoms with van der Waals surface area (Å²) >= 11 is 0. The SMILES string of the molecule is C[C@H](/C(O)=C(\C#N)c1nc2ccccc2[nH]1)[NH+](C)Cc1ccc2ccccc2c1. The molecular formula is C24H23N4O+. The van der Waals surface area contributed by atoms with Gasteiger partial charge in [-0.15, -0.1) is 0 Å². The third kappa shape index (κ3) is 3.71. The van der Waals surface area contributed by atoms with Crippen LogP contribution in [0.25, 0.3) is 27.4 Å². The number of aliphatic hydroxyl groups excluding tert-OH is 1. The number of nitriles is 1. The van der Waals surface area contributed by atoms with Crippen molar-refractivity contribution >= 4 is 27.4 Å². The highest BCUT2D eigenvalue weighted by atomic mass is 16.3. The molecule has 4 rings (SSSR count). The highest BCUT2D eigenvalue weighted by Gasteiger charge is 2.24. The van der Waals surface area contributed by atoms with Crippen molar-refractivity contribution in [3.63, 3.8) is 0 Å². The zero-order valence-electron chi connectivity index (χ0n) is 16.5. The smallest absolute Gasteiger partial charge is 0.172 e. The monoisotopic (exact) mass is 383 g/mol. The Bertz CT molecular complexity index is 1220. The fourth-order valence-electron chi connectivity index (χ4n) is 3.58. The molecule has 0 aliphatic heterocycles. The van der Waals surface area contributed by atoms with Gasteiger partial charge in [-0.1, -0.05) is 48.5 Å². The van der Waals surface area contributed by atoms with E-state index < -0.39 is 0 Å². The number of nitrogens with zero attached hydrogens (tertiary/aromatic N) is 2. The number of fused-ring (bicyclic) bond motifs is 2. The minimum absolute atomic E-state index is 0.0462. The summed E-state index contributed by atoms with van der Waals surface area (Å²) < 4.78 is 0. The van der Waals surface area contributed by atoms with Crippen molar-refractivity contribution in [2.75, 3.05) is 7.05 Å². The fraction of sp³-hybridized carbons (Fsp3) is 0.167. The van der Waals surface area contributed by atoms with Gasteiger partial charge in [0.1, 0.15) is 24.2 Å². The van der Waals surface area contributed by atoms with Crippen LogP contribution < -0.4 is 4.90 Å². The number of benzene rings is 3. The van der Waals surface area contributed by atoms with E-state index >= 15 is 0 Å². The predicted octanol–water partition coefficient (Wildman–Crippen LogP) is 3.61. The molecule has 0 fully saturated rings. The molecule has 0 bridgehead atoms. The Hall–Kier alpha value is -3.62. The molecule has 0 amide bonds. The molecule has 0 saturated carbocycles. The van der Waals surface area contributed by atoms with E-state index in [0.29, 0.717) is 5.82 Å². The standard InChI is InChI=1S/C24H22N4O/c1-16(28(2)15-17-11-12-18-7-3-4-8-19(18)13-17)23(29)20(14-25)24-26-21-9-5-6-10-22(21)27-24/h3-13,16,29H,15H2,1-2H3,(H,26,27)/p+1/b23-20-/t16-/m1/s1. The van der Waals surface area contributed by atoms with Crippen LogP contribution in [0.5, 0.6) is 0 Å². The van der Waals surface area contributed by atoms with Gasteiger partial charge in [-0.3, -0.25) is 0 Å². The number of likely N-dealkylation sites (N-methyl/N-ethyl adjacent to an activating group) is 1. The second-order valence-corrected chi connectivity index (χ2v) is 7.40. The van der Waals surface area contributed by atoms with Crippen LogP contribution in [0.3, 0.4) is 0 Å². The number of aliphatic hydroxyl groups is 1. The van der Waals surface area contributed by atoms with E-state index in [4.69, 9.17) is 0 Å². The maximum absolute atomic E-state index is 10.9. The topological polar surface area (TPSA) is 77.1 Å². The molecule has 144 valence electrons. The first-order chi connectivity index (χ1) is 14.1. The number of aromatic nitrogens is 2. The van der Waals surface area contributed by atoms with Gasteiger partial charge in [0.05, 0.1) is 18.1 Å². The average molecular weight is 383 g/mol. The summed E-state index contributed by atoms with van der Waals surface area (Å²) in [4.78, 5) is 8.67. The Morgan fingerprint density at radius 3 is 2.59 bits per heavy atom. The minimum Gasteiger partial charge on any atom is -0.505 e.